The largest absolute Gasteiger partial charge is 0.384 e. The first-order chi connectivity index (χ1) is 4.54. The predicted octanol–water partition coefficient (Wildman–Crippen LogP) is 0.903. The third kappa shape index (κ3) is 1.12. The highest BCUT2D eigenvalue weighted by Crippen LogP contribution is 2.29. The maximum absolute atomic E-state index is 10.9. The maximum atomic E-state index is 10.9. The molecule has 1 aliphatic rings. The van der Waals surface area contributed by atoms with Crippen LogP contribution in [-0.4, -0.2) is 17.0 Å². The van der Waals surface area contributed by atoms with E-state index in [0.717, 1.165) is 6.42 Å². The smallest absolute Gasteiger partial charge is 0.184 e. The molecule has 0 radical (unpaired) electrons. The van der Waals surface area contributed by atoms with Gasteiger partial charge in [-0.25, -0.2) is 0 Å². The Morgan fingerprint density at radius 1 is 1.70 bits per heavy atom. The molecule has 0 aromatic carbocycles. The molecule has 1 aliphatic carbocycles. The summed E-state index contributed by atoms with van der Waals surface area (Å²) in [6.07, 6.45) is 3.24. The number of hydrogen-bond donors (Lipinski definition) is 1. The Morgan fingerprint density at radius 3 is 2.70 bits per heavy atom. The second kappa shape index (κ2) is 2.20. The number of carbonyl (C=O) groups excluding carboxylic acids is 1. The van der Waals surface area contributed by atoms with Gasteiger partial charge >= 0.3 is 0 Å². The number of ketones is 1. The summed E-state index contributed by atoms with van der Waals surface area (Å²) in [6, 6.07) is 0. The van der Waals surface area contributed by atoms with Crippen molar-refractivity contribution in [1.29, 1.82) is 0 Å². The fourth-order valence-corrected chi connectivity index (χ4v) is 1.07. The Kier molecular flexibility index (Phi) is 1.65. The number of hydrogen-bond acceptors (Lipinski definition) is 2. The molecular weight excluding hydrogens is 128 g/mol. The van der Waals surface area contributed by atoms with Crippen molar-refractivity contribution in [3.8, 4) is 0 Å². The third-order valence-corrected chi connectivity index (χ3v) is 1.94. The Morgan fingerprint density at radius 2 is 2.30 bits per heavy atom. The van der Waals surface area contributed by atoms with Gasteiger partial charge in [0.25, 0.3) is 0 Å². The Bertz CT molecular complexity index is 180. The molecule has 0 saturated heterocycles. The van der Waals surface area contributed by atoms with Gasteiger partial charge in [0.05, 0.1) is 0 Å². The van der Waals surface area contributed by atoms with Crippen LogP contribution in [0.25, 0.3) is 0 Å². The lowest BCUT2D eigenvalue weighted by atomic mass is 9.78. The zero-order valence-corrected chi connectivity index (χ0v) is 6.29. The minimum Gasteiger partial charge on any atom is -0.384 e. The zero-order valence-electron chi connectivity index (χ0n) is 6.29. The van der Waals surface area contributed by atoms with Crippen LogP contribution in [0.15, 0.2) is 12.2 Å². The van der Waals surface area contributed by atoms with Gasteiger partial charge in [0, 0.05) is 5.41 Å². The fraction of sp³-hybridized carbons (Fsp3) is 0.625. The highest BCUT2D eigenvalue weighted by molar-refractivity contribution is 5.94. The molecule has 1 atom stereocenters. The highest BCUT2D eigenvalue weighted by atomic mass is 16.3. The molecule has 0 amide bonds. The van der Waals surface area contributed by atoms with E-state index < -0.39 is 6.10 Å². The molecule has 0 unspecified atom stereocenters. The standard InChI is InChI=1S/C8H12O2/c1-8(2)5-3-4-6(9)7(8)10/h3-4,7,10H,5H2,1-2H3/t7-/m1/s1. The SMILES string of the molecule is CC1(C)CC=CC(=O)[C@H]1O. The van der Waals surface area contributed by atoms with Crippen LogP contribution in [0.2, 0.25) is 0 Å². The van der Waals surface area contributed by atoms with Crippen molar-refractivity contribution in [2.45, 2.75) is 26.4 Å². The lowest BCUT2D eigenvalue weighted by Gasteiger charge is -2.30. The van der Waals surface area contributed by atoms with Gasteiger partial charge in [-0.15, -0.1) is 0 Å². The topological polar surface area (TPSA) is 37.3 Å². The summed E-state index contributed by atoms with van der Waals surface area (Å²) in [4.78, 5) is 10.9. The van der Waals surface area contributed by atoms with Crippen LogP contribution in [0, 0.1) is 5.41 Å². The van der Waals surface area contributed by atoms with E-state index in [0.29, 0.717) is 0 Å². The third-order valence-electron chi connectivity index (χ3n) is 1.94. The van der Waals surface area contributed by atoms with E-state index >= 15 is 0 Å². The summed E-state index contributed by atoms with van der Waals surface area (Å²) in [5.41, 5.74) is -0.272. The molecule has 0 heterocycles. The van der Waals surface area contributed by atoms with Gasteiger partial charge in [0.1, 0.15) is 6.10 Å². The number of aliphatic hydroxyl groups excluding tert-OH is 1. The van der Waals surface area contributed by atoms with E-state index in [4.69, 9.17) is 0 Å². The lowest BCUT2D eigenvalue weighted by molar-refractivity contribution is -0.128. The van der Waals surface area contributed by atoms with Crippen LogP contribution < -0.4 is 0 Å². The molecule has 0 spiro atoms. The van der Waals surface area contributed by atoms with Crippen LogP contribution in [0.4, 0.5) is 0 Å². The maximum Gasteiger partial charge on any atom is 0.184 e. The Balaban J connectivity index is 2.85. The first-order valence-corrected chi connectivity index (χ1v) is 3.42. The van der Waals surface area contributed by atoms with Crippen LogP contribution in [-0.2, 0) is 4.79 Å². The van der Waals surface area contributed by atoms with Crippen molar-refractivity contribution in [2.24, 2.45) is 5.41 Å². The monoisotopic (exact) mass is 140 g/mol. The van der Waals surface area contributed by atoms with Crippen LogP contribution in [0.5, 0.6) is 0 Å². The Labute approximate surface area is 60.6 Å². The van der Waals surface area contributed by atoms with Crippen molar-refractivity contribution in [1.82, 2.24) is 0 Å². The Hall–Kier alpha value is -0.630. The summed E-state index contributed by atoms with van der Waals surface area (Å²) in [5.74, 6) is -0.170. The van der Waals surface area contributed by atoms with Crippen molar-refractivity contribution >= 4 is 5.78 Å². The fourth-order valence-electron chi connectivity index (χ4n) is 1.07. The molecule has 2 nitrogen and oxygen atoms in total. The first-order valence-electron chi connectivity index (χ1n) is 3.42. The number of aliphatic hydroxyl groups is 1. The summed E-state index contributed by atoms with van der Waals surface area (Å²) >= 11 is 0. The van der Waals surface area contributed by atoms with Gasteiger partial charge < -0.3 is 5.11 Å². The van der Waals surface area contributed by atoms with Crippen molar-refractivity contribution in [3.63, 3.8) is 0 Å². The number of allylic oxidation sites excluding steroid dienone is 1. The summed E-state index contributed by atoms with van der Waals surface area (Å²) < 4.78 is 0. The van der Waals surface area contributed by atoms with E-state index in [1.54, 1.807) is 0 Å². The molecule has 0 aliphatic heterocycles. The lowest BCUT2D eigenvalue weighted by Crippen LogP contribution is -2.37. The molecule has 0 saturated carbocycles. The average molecular weight is 140 g/mol. The number of rotatable bonds is 0. The molecular formula is C8H12O2. The van der Waals surface area contributed by atoms with E-state index in [1.165, 1.54) is 6.08 Å². The van der Waals surface area contributed by atoms with Gasteiger partial charge in [-0.3, -0.25) is 4.79 Å². The minimum atomic E-state index is -0.808. The van der Waals surface area contributed by atoms with E-state index in [2.05, 4.69) is 0 Å². The molecule has 0 aromatic heterocycles. The highest BCUT2D eigenvalue weighted by Gasteiger charge is 2.33. The van der Waals surface area contributed by atoms with E-state index in [9.17, 15) is 9.90 Å². The molecule has 0 fully saturated rings. The van der Waals surface area contributed by atoms with Gasteiger partial charge in [-0.1, -0.05) is 19.9 Å². The minimum absolute atomic E-state index is 0.170. The summed E-state index contributed by atoms with van der Waals surface area (Å²) in [7, 11) is 0. The van der Waals surface area contributed by atoms with Crippen LogP contribution >= 0.6 is 0 Å². The van der Waals surface area contributed by atoms with Crippen molar-refractivity contribution in [2.75, 3.05) is 0 Å². The molecule has 1 N–H and O–H groups in total. The van der Waals surface area contributed by atoms with Crippen molar-refractivity contribution < 1.29 is 9.90 Å². The second-order valence-electron chi connectivity index (χ2n) is 3.40. The van der Waals surface area contributed by atoms with E-state index in [-0.39, 0.29) is 11.2 Å². The molecule has 10 heavy (non-hydrogen) atoms. The van der Waals surface area contributed by atoms with Gasteiger partial charge in [-0.2, -0.15) is 0 Å². The second-order valence-corrected chi connectivity index (χ2v) is 3.40. The van der Waals surface area contributed by atoms with Gasteiger partial charge in [-0.05, 0) is 12.5 Å². The average Bonchev–Trinajstić information content (AvgIpc) is 1.83. The predicted molar refractivity (Wildman–Crippen MR) is 38.6 cm³/mol. The molecule has 0 bridgehead atoms. The summed E-state index contributed by atoms with van der Waals surface area (Å²) in [5, 5.41) is 9.30. The number of carbonyl (C=O) groups is 1. The van der Waals surface area contributed by atoms with Crippen LogP contribution in [0.3, 0.4) is 0 Å². The molecule has 56 valence electrons. The molecule has 2 heteroatoms. The van der Waals surface area contributed by atoms with Crippen LogP contribution in [0.1, 0.15) is 20.3 Å². The quantitative estimate of drug-likeness (QED) is 0.543. The molecule has 1 rings (SSSR count). The van der Waals surface area contributed by atoms with Crippen molar-refractivity contribution in [3.05, 3.63) is 12.2 Å². The first kappa shape index (κ1) is 7.48. The molecule has 0 aromatic rings. The normalized spacial score (nSPS) is 30.7. The summed E-state index contributed by atoms with van der Waals surface area (Å²) in [6.45, 7) is 3.78. The van der Waals surface area contributed by atoms with E-state index in [1.807, 2.05) is 19.9 Å². The van der Waals surface area contributed by atoms with Gasteiger partial charge in [0.15, 0.2) is 5.78 Å². The van der Waals surface area contributed by atoms with Gasteiger partial charge in [0.2, 0.25) is 0 Å². The zero-order chi connectivity index (χ0) is 7.78.